The van der Waals surface area contributed by atoms with E-state index < -0.39 is 30.1 Å². The van der Waals surface area contributed by atoms with Gasteiger partial charge in [0.25, 0.3) is 0 Å². The van der Waals surface area contributed by atoms with Gasteiger partial charge in [-0.05, 0) is 43.0 Å². The standard InChI is InChI=1S/C37H46N6O7S/c1-2-49-31(44)25-39-33(32(26-10-5-3-6-11-26)27-12-7-4-8-13-27)36(46)43-17-9-14-29(43)35(45)40-24-28-15-16-30(51-28)34(38)41-37(47)50-23-20-42-18-21-48-22-19-42/h3-8,10-13,15-16,29,32-33,39H,2,9,14,17-25H2,1H3,(H,40,45)(H2,38,41,47)/t29-,33+/m0/s1. The number of rotatable bonds is 15. The summed E-state index contributed by atoms with van der Waals surface area (Å²) in [6.07, 6.45) is 0.410. The molecule has 0 bridgehead atoms. The van der Waals surface area contributed by atoms with E-state index in [1.54, 1.807) is 17.9 Å². The molecule has 2 aliphatic rings. The van der Waals surface area contributed by atoms with Gasteiger partial charge in [0.2, 0.25) is 11.8 Å². The first-order valence-electron chi connectivity index (χ1n) is 17.3. The van der Waals surface area contributed by atoms with Crippen LogP contribution in [-0.2, 0) is 35.1 Å². The number of nitrogens with zero attached hydrogens (tertiary/aromatic N) is 3. The highest BCUT2D eigenvalue weighted by Gasteiger charge is 2.41. The molecule has 3 aromatic rings. The van der Waals surface area contributed by atoms with Crippen molar-refractivity contribution in [1.29, 1.82) is 0 Å². The number of amides is 3. The molecule has 2 atom stereocenters. The summed E-state index contributed by atoms with van der Waals surface area (Å²) in [5.74, 6) is -1.41. The minimum atomic E-state index is -0.846. The largest absolute Gasteiger partial charge is 0.465 e. The summed E-state index contributed by atoms with van der Waals surface area (Å²) in [5.41, 5.74) is 7.89. The molecule has 0 unspecified atom stereocenters. The number of thiophene rings is 1. The van der Waals surface area contributed by atoms with Crippen molar-refractivity contribution >= 4 is 41.0 Å². The number of benzene rings is 2. The zero-order valence-corrected chi connectivity index (χ0v) is 29.6. The molecule has 5 rings (SSSR count). The molecule has 13 nitrogen and oxygen atoms in total. The van der Waals surface area contributed by atoms with E-state index >= 15 is 0 Å². The highest BCUT2D eigenvalue weighted by atomic mass is 32.1. The highest BCUT2D eigenvalue weighted by molar-refractivity contribution is 7.14. The lowest BCUT2D eigenvalue weighted by atomic mass is 9.84. The number of hydrogen-bond donors (Lipinski definition) is 3. The van der Waals surface area contributed by atoms with E-state index in [1.807, 2.05) is 66.7 Å². The predicted molar refractivity (Wildman–Crippen MR) is 193 cm³/mol. The quantitative estimate of drug-likeness (QED) is 0.121. The third-order valence-corrected chi connectivity index (χ3v) is 9.93. The fraction of sp³-hybridized carbons (Fsp3) is 0.432. The second-order valence-corrected chi connectivity index (χ2v) is 13.4. The molecule has 0 spiro atoms. The second kappa shape index (κ2) is 19.1. The first-order chi connectivity index (χ1) is 24.8. The van der Waals surface area contributed by atoms with E-state index in [9.17, 15) is 19.2 Å². The lowest BCUT2D eigenvalue weighted by Gasteiger charge is -2.33. The van der Waals surface area contributed by atoms with Crippen LogP contribution in [0, 0.1) is 0 Å². The number of amidine groups is 1. The molecule has 272 valence electrons. The van der Waals surface area contributed by atoms with Gasteiger partial charge < -0.3 is 30.2 Å². The van der Waals surface area contributed by atoms with Gasteiger partial charge >= 0.3 is 12.1 Å². The van der Waals surface area contributed by atoms with Crippen LogP contribution in [0.2, 0.25) is 0 Å². The van der Waals surface area contributed by atoms with E-state index in [1.165, 1.54) is 11.3 Å². The van der Waals surface area contributed by atoms with Crippen LogP contribution >= 0.6 is 11.3 Å². The Bertz CT molecular complexity index is 1590. The van der Waals surface area contributed by atoms with Crippen molar-refractivity contribution < 1.29 is 33.4 Å². The molecule has 51 heavy (non-hydrogen) atoms. The Kier molecular flexibility index (Phi) is 14.1. The minimum Gasteiger partial charge on any atom is -0.465 e. The van der Waals surface area contributed by atoms with E-state index in [0.29, 0.717) is 44.0 Å². The molecule has 1 aromatic heterocycles. The molecule has 3 amide bonds. The van der Waals surface area contributed by atoms with Crippen LogP contribution in [-0.4, -0.2) is 111 Å². The number of likely N-dealkylation sites (tertiary alicyclic amines) is 1. The number of nitrogens with one attached hydrogen (secondary N) is 2. The van der Waals surface area contributed by atoms with Crippen LogP contribution in [0.5, 0.6) is 0 Å². The van der Waals surface area contributed by atoms with Crippen LogP contribution in [0.1, 0.15) is 46.6 Å². The maximum Gasteiger partial charge on any atom is 0.435 e. The van der Waals surface area contributed by atoms with Crippen molar-refractivity contribution in [3.8, 4) is 0 Å². The third-order valence-electron chi connectivity index (χ3n) is 8.83. The van der Waals surface area contributed by atoms with Gasteiger partial charge in [0.15, 0.2) is 0 Å². The minimum absolute atomic E-state index is 0.0364. The summed E-state index contributed by atoms with van der Waals surface area (Å²) >= 11 is 1.30. The molecular weight excluding hydrogens is 673 g/mol. The summed E-state index contributed by atoms with van der Waals surface area (Å²) in [4.78, 5) is 61.8. The molecule has 0 radical (unpaired) electrons. The maximum atomic E-state index is 14.5. The number of esters is 1. The van der Waals surface area contributed by atoms with Crippen molar-refractivity contribution in [2.45, 2.75) is 44.3 Å². The average molecular weight is 719 g/mol. The molecule has 0 aliphatic carbocycles. The summed E-state index contributed by atoms with van der Waals surface area (Å²) < 4.78 is 15.7. The first kappa shape index (κ1) is 37.6. The highest BCUT2D eigenvalue weighted by Crippen LogP contribution is 2.31. The number of carbonyl (C=O) groups is 4. The number of morpholine rings is 1. The molecule has 14 heteroatoms. The van der Waals surface area contributed by atoms with Crippen molar-refractivity contribution in [2.75, 3.05) is 59.2 Å². The van der Waals surface area contributed by atoms with Gasteiger partial charge in [-0.1, -0.05) is 60.7 Å². The topological polar surface area (TPSA) is 165 Å². The monoisotopic (exact) mass is 718 g/mol. The first-order valence-corrected chi connectivity index (χ1v) is 18.1. The summed E-state index contributed by atoms with van der Waals surface area (Å²) in [6.45, 7) is 6.14. The van der Waals surface area contributed by atoms with E-state index in [-0.39, 0.29) is 44.0 Å². The number of ether oxygens (including phenoxy) is 3. The van der Waals surface area contributed by atoms with E-state index in [2.05, 4.69) is 20.5 Å². The van der Waals surface area contributed by atoms with E-state index in [0.717, 1.165) is 29.1 Å². The fourth-order valence-corrected chi connectivity index (χ4v) is 7.16. The summed E-state index contributed by atoms with van der Waals surface area (Å²) in [7, 11) is 0. The zero-order valence-electron chi connectivity index (χ0n) is 28.8. The summed E-state index contributed by atoms with van der Waals surface area (Å²) in [5, 5.41) is 6.16. The Morgan fingerprint density at radius 3 is 2.31 bits per heavy atom. The lowest BCUT2D eigenvalue weighted by molar-refractivity contribution is -0.143. The molecular formula is C37H46N6O7S. The van der Waals surface area contributed by atoms with Crippen molar-refractivity contribution in [2.24, 2.45) is 10.7 Å². The summed E-state index contributed by atoms with van der Waals surface area (Å²) in [6, 6.07) is 21.3. The van der Waals surface area contributed by atoms with Gasteiger partial charge in [0, 0.05) is 37.0 Å². The van der Waals surface area contributed by atoms with Gasteiger partial charge in [-0.3, -0.25) is 24.6 Å². The van der Waals surface area contributed by atoms with Crippen LogP contribution in [0.4, 0.5) is 4.79 Å². The number of aliphatic imine (C=N–C) groups is 1. The Balaban J connectivity index is 1.23. The van der Waals surface area contributed by atoms with Gasteiger partial charge in [-0.25, -0.2) is 4.79 Å². The number of hydrogen-bond acceptors (Lipinski definition) is 10. The molecule has 0 saturated carbocycles. The average Bonchev–Trinajstić information content (AvgIpc) is 3.84. The molecule has 2 fully saturated rings. The Hall–Kier alpha value is -4.63. The molecule has 2 saturated heterocycles. The zero-order chi connectivity index (χ0) is 36.0. The van der Waals surface area contributed by atoms with Gasteiger partial charge in [0.05, 0.1) is 43.8 Å². The van der Waals surface area contributed by atoms with Crippen LogP contribution in [0.25, 0.3) is 0 Å². The molecule has 2 aliphatic heterocycles. The Morgan fingerprint density at radius 2 is 1.65 bits per heavy atom. The van der Waals surface area contributed by atoms with Gasteiger partial charge in [-0.15, -0.1) is 11.3 Å². The van der Waals surface area contributed by atoms with Crippen LogP contribution in [0.3, 0.4) is 0 Å². The SMILES string of the molecule is CCOC(=O)CN[C@@H](C(=O)N1CCC[C@H]1C(=O)NCc1ccc(/C(N)=N/C(=O)OCCN2CCOCC2)s1)C(c1ccccc1)c1ccccc1. The van der Waals surface area contributed by atoms with Crippen molar-refractivity contribution in [1.82, 2.24) is 20.4 Å². The molecule has 2 aromatic carbocycles. The lowest BCUT2D eigenvalue weighted by Crippen LogP contribution is -2.55. The van der Waals surface area contributed by atoms with E-state index in [4.69, 9.17) is 19.9 Å². The van der Waals surface area contributed by atoms with Crippen LogP contribution < -0.4 is 16.4 Å². The molecule has 4 N–H and O–H groups in total. The van der Waals surface area contributed by atoms with Crippen LogP contribution in [0.15, 0.2) is 77.8 Å². The van der Waals surface area contributed by atoms with Gasteiger partial charge in [0.1, 0.15) is 18.5 Å². The maximum absolute atomic E-state index is 14.5. The molecule has 3 heterocycles. The van der Waals surface area contributed by atoms with Crippen molar-refractivity contribution in [3.63, 3.8) is 0 Å². The predicted octanol–water partition coefficient (Wildman–Crippen LogP) is 2.88. The fourth-order valence-electron chi connectivity index (χ4n) is 6.31. The smallest absolute Gasteiger partial charge is 0.435 e. The second-order valence-electron chi connectivity index (χ2n) is 12.2. The van der Waals surface area contributed by atoms with Gasteiger partial charge in [-0.2, -0.15) is 4.99 Å². The normalized spacial score (nSPS) is 17.3. The number of nitrogens with two attached hydrogens (primary N) is 1. The number of carbonyl (C=O) groups excluding carboxylic acids is 4. The third kappa shape index (κ3) is 10.7. The Morgan fingerprint density at radius 1 is 0.961 bits per heavy atom. The van der Waals surface area contributed by atoms with Crippen molar-refractivity contribution in [3.05, 3.63) is 93.7 Å². The Labute approximate surface area is 302 Å².